The standard InChI is InChI=1S/C14H29N3O/c1-14(2,3)10-12(15)11-16-13(18)17-8-6-4-5-7-9-17/h12H,4-11,15H2,1-3H3,(H,16,18). The highest BCUT2D eigenvalue weighted by molar-refractivity contribution is 5.74. The molecule has 1 atom stereocenters. The Labute approximate surface area is 111 Å². The molecule has 4 heteroatoms. The summed E-state index contributed by atoms with van der Waals surface area (Å²) in [6.45, 7) is 8.86. The molecular formula is C14H29N3O. The van der Waals surface area contributed by atoms with Crippen molar-refractivity contribution in [3.8, 4) is 0 Å². The van der Waals surface area contributed by atoms with Gasteiger partial charge in [-0.3, -0.25) is 0 Å². The van der Waals surface area contributed by atoms with E-state index in [4.69, 9.17) is 5.73 Å². The van der Waals surface area contributed by atoms with Crippen LogP contribution in [0.4, 0.5) is 4.79 Å². The number of hydrogen-bond acceptors (Lipinski definition) is 2. The van der Waals surface area contributed by atoms with E-state index in [1.165, 1.54) is 12.8 Å². The van der Waals surface area contributed by atoms with Crippen molar-refractivity contribution in [1.82, 2.24) is 10.2 Å². The maximum Gasteiger partial charge on any atom is 0.317 e. The highest BCUT2D eigenvalue weighted by Gasteiger charge is 2.18. The van der Waals surface area contributed by atoms with Crippen molar-refractivity contribution < 1.29 is 4.79 Å². The summed E-state index contributed by atoms with van der Waals surface area (Å²) in [5, 5.41) is 2.96. The minimum atomic E-state index is 0.0425. The number of nitrogens with one attached hydrogen (secondary N) is 1. The predicted octanol–water partition coefficient (Wildman–Crippen LogP) is 2.34. The topological polar surface area (TPSA) is 58.4 Å². The number of nitrogens with zero attached hydrogens (tertiary/aromatic N) is 1. The molecule has 18 heavy (non-hydrogen) atoms. The third kappa shape index (κ3) is 6.24. The number of carbonyl (C=O) groups is 1. The van der Waals surface area contributed by atoms with E-state index in [0.29, 0.717) is 6.54 Å². The molecule has 3 N–H and O–H groups in total. The Balaban J connectivity index is 2.27. The molecule has 1 fully saturated rings. The van der Waals surface area contributed by atoms with Crippen LogP contribution >= 0.6 is 0 Å². The van der Waals surface area contributed by atoms with Gasteiger partial charge in [-0.25, -0.2) is 4.79 Å². The van der Waals surface area contributed by atoms with Crippen LogP contribution < -0.4 is 11.1 Å². The summed E-state index contributed by atoms with van der Waals surface area (Å²) in [7, 11) is 0. The van der Waals surface area contributed by atoms with Crippen molar-refractivity contribution in [1.29, 1.82) is 0 Å². The summed E-state index contributed by atoms with van der Waals surface area (Å²) < 4.78 is 0. The molecule has 4 nitrogen and oxygen atoms in total. The molecule has 0 spiro atoms. The molecule has 0 bridgehead atoms. The van der Waals surface area contributed by atoms with Crippen LogP contribution in [0.1, 0.15) is 52.9 Å². The Morgan fingerprint density at radius 2 is 1.78 bits per heavy atom. The van der Waals surface area contributed by atoms with E-state index in [0.717, 1.165) is 32.4 Å². The number of rotatable bonds is 3. The molecule has 2 amide bonds. The molecule has 0 saturated carbocycles. The van der Waals surface area contributed by atoms with Gasteiger partial charge in [-0.15, -0.1) is 0 Å². The lowest BCUT2D eigenvalue weighted by Gasteiger charge is -2.25. The van der Waals surface area contributed by atoms with Gasteiger partial charge in [0.1, 0.15) is 0 Å². The molecule has 106 valence electrons. The minimum absolute atomic E-state index is 0.0425. The molecular weight excluding hydrogens is 226 g/mol. The monoisotopic (exact) mass is 255 g/mol. The maximum absolute atomic E-state index is 12.0. The van der Waals surface area contributed by atoms with Crippen LogP contribution in [0.15, 0.2) is 0 Å². The average Bonchev–Trinajstić information content (AvgIpc) is 2.52. The van der Waals surface area contributed by atoms with Gasteiger partial charge in [0, 0.05) is 25.7 Å². The second-order valence-electron chi connectivity index (χ2n) is 6.61. The number of amides is 2. The smallest absolute Gasteiger partial charge is 0.317 e. The molecule has 0 aliphatic carbocycles. The molecule has 1 aliphatic rings. The Bertz CT molecular complexity index is 252. The fraction of sp³-hybridized carbons (Fsp3) is 0.929. The van der Waals surface area contributed by atoms with Gasteiger partial charge in [-0.2, -0.15) is 0 Å². The van der Waals surface area contributed by atoms with Crippen LogP contribution in [0.2, 0.25) is 0 Å². The zero-order valence-electron chi connectivity index (χ0n) is 12.2. The van der Waals surface area contributed by atoms with Crippen molar-refractivity contribution in [2.24, 2.45) is 11.1 Å². The zero-order valence-corrected chi connectivity index (χ0v) is 12.2. The number of likely N-dealkylation sites (tertiary alicyclic amines) is 1. The number of carbonyl (C=O) groups excluding carboxylic acids is 1. The van der Waals surface area contributed by atoms with Crippen LogP contribution in [0.5, 0.6) is 0 Å². The third-order valence-electron chi connectivity index (χ3n) is 3.28. The van der Waals surface area contributed by atoms with Gasteiger partial charge in [0.2, 0.25) is 0 Å². The molecule has 1 saturated heterocycles. The first-order valence-corrected chi connectivity index (χ1v) is 7.17. The maximum atomic E-state index is 12.0. The lowest BCUT2D eigenvalue weighted by atomic mass is 9.88. The van der Waals surface area contributed by atoms with E-state index in [9.17, 15) is 4.79 Å². The largest absolute Gasteiger partial charge is 0.336 e. The first-order chi connectivity index (χ1) is 8.38. The van der Waals surface area contributed by atoms with Crippen LogP contribution in [0.3, 0.4) is 0 Å². The highest BCUT2D eigenvalue weighted by atomic mass is 16.2. The van der Waals surface area contributed by atoms with E-state index in [-0.39, 0.29) is 17.5 Å². The third-order valence-corrected chi connectivity index (χ3v) is 3.28. The van der Waals surface area contributed by atoms with Crippen LogP contribution in [0.25, 0.3) is 0 Å². The van der Waals surface area contributed by atoms with Crippen molar-refractivity contribution in [2.45, 2.75) is 58.9 Å². The summed E-state index contributed by atoms with van der Waals surface area (Å²) in [4.78, 5) is 13.9. The fourth-order valence-corrected chi connectivity index (χ4v) is 2.46. The Kier molecular flexibility index (Phi) is 5.93. The highest BCUT2D eigenvalue weighted by Crippen LogP contribution is 2.19. The molecule has 0 aromatic carbocycles. The number of hydrogen-bond donors (Lipinski definition) is 2. The van der Waals surface area contributed by atoms with E-state index in [1.807, 2.05) is 4.90 Å². The average molecular weight is 255 g/mol. The normalized spacial score (nSPS) is 19.2. The van der Waals surface area contributed by atoms with E-state index in [1.54, 1.807) is 0 Å². The Hall–Kier alpha value is -0.770. The molecule has 0 aromatic rings. The van der Waals surface area contributed by atoms with Gasteiger partial charge >= 0.3 is 6.03 Å². The van der Waals surface area contributed by atoms with E-state index in [2.05, 4.69) is 26.1 Å². The quantitative estimate of drug-likeness (QED) is 0.813. The number of urea groups is 1. The molecule has 1 aliphatic heterocycles. The second kappa shape index (κ2) is 6.98. The van der Waals surface area contributed by atoms with E-state index >= 15 is 0 Å². The van der Waals surface area contributed by atoms with Crippen molar-refractivity contribution >= 4 is 6.03 Å². The summed E-state index contributed by atoms with van der Waals surface area (Å²) in [6, 6.07) is 0.0992. The van der Waals surface area contributed by atoms with Crippen LogP contribution in [-0.2, 0) is 0 Å². The summed E-state index contributed by atoms with van der Waals surface area (Å²) >= 11 is 0. The van der Waals surface area contributed by atoms with Gasteiger partial charge in [0.15, 0.2) is 0 Å². The van der Waals surface area contributed by atoms with Gasteiger partial charge in [0.05, 0.1) is 0 Å². The first-order valence-electron chi connectivity index (χ1n) is 7.17. The van der Waals surface area contributed by atoms with Crippen molar-refractivity contribution in [3.05, 3.63) is 0 Å². The molecule has 1 heterocycles. The van der Waals surface area contributed by atoms with Gasteiger partial charge < -0.3 is 16.0 Å². The van der Waals surface area contributed by atoms with Crippen LogP contribution in [-0.4, -0.2) is 36.6 Å². The minimum Gasteiger partial charge on any atom is -0.336 e. The summed E-state index contributed by atoms with van der Waals surface area (Å²) in [5.74, 6) is 0. The predicted molar refractivity (Wildman–Crippen MR) is 75.5 cm³/mol. The SMILES string of the molecule is CC(C)(C)CC(N)CNC(=O)N1CCCCCC1. The van der Waals surface area contributed by atoms with Crippen molar-refractivity contribution in [3.63, 3.8) is 0 Å². The van der Waals surface area contributed by atoms with Crippen molar-refractivity contribution in [2.75, 3.05) is 19.6 Å². The Morgan fingerprint density at radius 1 is 1.22 bits per heavy atom. The van der Waals surface area contributed by atoms with Gasteiger partial charge in [-0.05, 0) is 24.7 Å². The molecule has 0 radical (unpaired) electrons. The van der Waals surface area contributed by atoms with Gasteiger partial charge in [0.25, 0.3) is 0 Å². The second-order valence-corrected chi connectivity index (χ2v) is 6.61. The fourth-order valence-electron chi connectivity index (χ4n) is 2.46. The van der Waals surface area contributed by atoms with Gasteiger partial charge in [-0.1, -0.05) is 33.6 Å². The lowest BCUT2D eigenvalue weighted by molar-refractivity contribution is 0.198. The molecule has 1 unspecified atom stereocenters. The number of nitrogens with two attached hydrogens (primary N) is 1. The lowest BCUT2D eigenvalue weighted by Crippen LogP contribution is -2.46. The molecule has 1 rings (SSSR count). The van der Waals surface area contributed by atoms with E-state index < -0.39 is 0 Å². The zero-order chi connectivity index (χ0) is 13.6. The van der Waals surface area contributed by atoms with Crippen LogP contribution in [0, 0.1) is 5.41 Å². The first kappa shape index (κ1) is 15.3. The Morgan fingerprint density at radius 3 is 2.28 bits per heavy atom. The summed E-state index contributed by atoms with van der Waals surface area (Å²) in [5.41, 5.74) is 6.25. The molecule has 0 aromatic heterocycles. The summed E-state index contributed by atoms with van der Waals surface area (Å²) in [6.07, 6.45) is 5.66.